The van der Waals surface area contributed by atoms with Crippen molar-refractivity contribution in [1.29, 1.82) is 0 Å². The van der Waals surface area contributed by atoms with E-state index < -0.39 is 24.4 Å². The minimum Gasteiger partial charge on any atom is -0.378 e. The molecule has 0 saturated carbocycles. The summed E-state index contributed by atoms with van der Waals surface area (Å²) >= 11 is 11.2. The van der Waals surface area contributed by atoms with E-state index in [9.17, 15) is 0 Å². The molecule has 0 amide bonds. The highest BCUT2D eigenvalue weighted by Crippen LogP contribution is 2.22. The van der Waals surface area contributed by atoms with Crippen LogP contribution in [0.25, 0.3) is 20.9 Å². The molecule has 1 aliphatic heterocycles. The van der Waals surface area contributed by atoms with Crippen molar-refractivity contribution in [2.24, 2.45) is 10.2 Å². The summed E-state index contributed by atoms with van der Waals surface area (Å²) in [5.41, 5.74) is 17.3. The Morgan fingerprint density at radius 2 is 1.21 bits per heavy atom. The molecule has 14 heteroatoms. The number of halogens is 2. The third-order valence-electron chi connectivity index (χ3n) is 3.79. The first kappa shape index (κ1) is 26.0. The van der Waals surface area contributed by atoms with Crippen LogP contribution in [0, 0.1) is 0 Å². The van der Waals surface area contributed by atoms with Crippen LogP contribution in [0.5, 0.6) is 0 Å². The quantitative estimate of drug-likeness (QED) is 0.114. The van der Waals surface area contributed by atoms with Crippen molar-refractivity contribution in [3.63, 3.8) is 0 Å². The van der Waals surface area contributed by atoms with Gasteiger partial charge in [-0.15, -0.1) is 23.2 Å². The molecule has 4 atom stereocenters. The maximum atomic E-state index is 8.67. The fourth-order valence-electron chi connectivity index (χ4n) is 2.58. The van der Waals surface area contributed by atoms with E-state index in [1.54, 1.807) is 0 Å². The van der Waals surface area contributed by atoms with E-state index in [2.05, 4.69) is 20.1 Å². The highest BCUT2D eigenvalue weighted by molar-refractivity contribution is 6.18. The van der Waals surface area contributed by atoms with Gasteiger partial charge in [-0.05, 0) is 11.1 Å². The Morgan fingerprint density at radius 1 is 0.759 bits per heavy atom. The molecule has 1 heterocycles. The monoisotopic (exact) mass is 456 g/mol. The number of hydrogen-bond acceptors (Lipinski definition) is 8. The van der Waals surface area contributed by atoms with Crippen molar-refractivity contribution >= 4 is 23.2 Å². The van der Waals surface area contributed by atoms with Crippen LogP contribution in [-0.2, 0) is 28.4 Å². The lowest BCUT2D eigenvalue weighted by Crippen LogP contribution is -2.49. The van der Waals surface area contributed by atoms with E-state index in [-0.39, 0.29) is 33.1 Å². The van der Waals surface area contributed by atoms with E-state index in [0.717, 1.165) is 0 Å². The third kappa shape index (κ3) is 11.1. The summed E-state index contributed by atoms with van der Waals surface area (Å²) in [6.07, 6.45) is -2.56. The van der Waals surface area contributed by atoms with Gasteiger partial charge in [0.2, 0.25) is 0 Å². The molecule has 29 heavy (non-hydrogen) atoms. The van der Waals surface area contributed by atoms with Gasteiger partial charge in [-0.3, -0.25) is 0 Å². The molecule has 0 aromatic rings. The van der Waals surface area contributed by atoms with Crippen molar-refractivity contribution in [3.8, 4) is 0 Å². The average molecular weight is 457 g/mol. The molecular weight excluding hydrogens is 431 g/mol. The number of hydrogen-bond donors (Lipinski definition) is 0. The summed E-state index contributed by atoms with van der Waals surface area (Å²) < 4.78 is 33.8. The normalized spacial score (nSPS) is 24.3. The topological polar surface area (TPSA) is 153 Å². The van der Waals surface area contributed by atoms with Crippen molar-refractivity contribution in [2.75, 3.05) is 71.3 Å². The van der Waals surface area contributed by atoms with Gasteiger partial charge in [0.25, 0.3) is 0 Å². The van der Waals surface area contributed by atoms with E-state index in [1.165, 1.54) is 0 Å². The minimum atomic E-state index is -0.658. The molecule has 0 unspecified atom stereocenters. The van der Waals surface area contributed by atoms with Gasteiger partial charge in [0.15, 0.2) is 0 Å². The molecule has 0 spiro atoms. The van der Waals surface area contributed by atoms with E-state index in [1.807, 2.05) is 0 Å². The van der Waals surface area contributed by atoms with Crippen LogP contribution >= 0.6 is 23.2 Å². The van der Waals surface area contributed by atoms with E-state index in [0.29, 0.717) is 38.2 Å². The summed E-state index contributed by atoms with van der Waals surface area (Å²) in [5.74, 6) is 0.754. The Kier molecular flexibility index (Phi) is 15.9. The van der Waals surface area contributed by atoms with Crippen LogP contribution < -0.4 is 0 Å². The number of nitrogens with zero attached hydrogens (tertiary/aromatic N) is 6. The number of alkyl halides is 2. The van der Waals surface area contributed by atoms with Crippen molar-refractivity contribution in [3.05, 3.63) is 20.9 Å². The molecule has 0 radical (unpaired) electrons. The lowest BCUT2D eigenvalue weighted by molar-refractivity contribution is -0.139. The largest absolute Gasteiger partial charge is 0.378 e. The van der Waals surface area contributed by atoms with Crippen LogP contribution in [0.15, 0.2) is 10.2 Å². The SMILES string of the molecule is [N-]=[N+]=NC[C@H]1OCO[C@H](CN=[N+]=[N-])[C@@H](OCCOCCCl)[C@@H]1OCCOCCCl. The summed E-state index contributed by atoms with van der Waals surface area (Å²) in [4.78, 5) is 5.55. The first-order valence-electron chi connectivity index (χ1n) is 9.04. The van der Waals surface area contributed by atoms with Gasteiger partial charge in [-0.2, -0.15) is 0 Å². The van der Waals surface area contributed by atoms with Gasteiger partial charge >= 0.3 is 0 Å². The van der Waals surface area contributed by atoms with Crippen molar-refractivity contribution in [2.45, 2.75) is 24.4 Å². The molecule has 0 aromatic carbocycles. The Balaban J connectivity index is 2.87. The summed E-state index contributed by atoms with van der Waals surface area (Å²) in [7, 11) is 0. The molecule has 0 bridgehead atoms. The van der Waals surface area contributed by atoms with Crippen molar-refractivity contribution in [1.82, 2.24) is 0 Å². The van der Waals surface area contributed by atoms with Gasteiger partial charge in [0.05, 0.1) is 64.9 Å². The summed E-state index contributed by atoms with van der Waals surface area (Å²) in [6.45, 7) is 1.82. The summed E-state index contributed by atoms with van der Waals surface area (Å²) in [6, 6.07) is 0. The molecule has 0 aliphatic carbocycles. The highest BCUT2D eigenvalue weighted by atomic mass is 35.5. The van der Waals surface area contributed by atoms with E-state index in [4.69, 9.17) is 62.7 Å². The van der Waals surface area contributed by atoms with Crippen LogP contribution in [-0.4, -0.2) is 95.7 Å². The average Bonchev–Trinajstić information content (AvgIpc) is 2.89. The Bertz CT molecular complexity index is 480. The predicted molar refractivity (Wildman–Crippen MR) is 105 cm³/mol. The molecule has 0 N–H and O–H groups in total. The van der Waals surface area contributed by atoms with Crippen LogP contribution in [0.1, 0.15) is 0 Å². The zero-order valence-electron chi connectivity index (χ0n) is 16.0. The second-order valence-electron chi connectivity index (χ2n) is 5.63. The lowest BCUT2D eigenvalue weighted by atomic mass is 10.0. The fraction of sp³-hybridized carbons (Fsp3) is 1.00. The number of ether oxygens (including phenoxy) is 6. The minimum absolute atomic E-state index is 0.0178. The molecule has 0 aromatic heterocycles. The number of rotatable bonds is 16. The highest BCUT2D eigenvalue weighted by Gasteiger charge is 2.40. The Hall–Kier alpha value is -1.04. The van der Waals surface area contributed by atoms with Crippen molar-refractivity contribution < 1.29 is 28.4 Å². The van der Waals surface area contributed by atoms with Gasteiger partial charge < -0.3 is 28.4 Å². The molecule has 1 aliphatic rings. The van der Waals surface area contributed by atoms with E-state index >= 15 is 0 Å². The first-order valence-corrected chi connectivity index (χ1v) is 10.1. The zero-order valence-corrected chi connectivity index (χ0v) is 17.5. The lowest BCUT2D eigenvalue weighted by Gasteiger charge is -2.32. The zero-order chi connectivity index (χ0) is 21.2. The van der Waals surface area contributed by atoms with Crippen LogP contribution in [0.4, 0.5) is 0 Å². The predicted octanol–water partition coefficient (Wildman–Crippen LogP) is 2.63. The standard InChI is InChI=1S/C15H26Cl2N6O6/c16-1-3-24-5-7-26-14-12(9-20-22-18)28-11-29-13(10-21-23-19)15(14)27-8-6-25-4-2-17/h12-15H,1-11H2/t12-,13-,14-,15-/m1/s1. The fourth-order valence-corrected chi connectivity index (χ4v) is 2.80. The maximum absolute atomic E-state index is 8.67. The molecule has 12 nitrogen and oxygen atoms in total. The molecular formula is C15H26Cl2N6O6. The van der Waals surface area contributed by atoms with Gasteiger partial charge in [-0.25, -0.2) is 0 Å². The van der Waals surface area contributed by atoms with Gasteiger partial charge in [-0.1, -0.05) is 10.2 Å². The molecule has 1 saturated heterocycles. The molecule has 166 valence electrons. The smallest absolute Gasteiger partial charge is 0.147 e. The van der Waals surface area contributed by atoms with Crippen LogP contribution in [0.2, 0.25) is 0 Å². The Labute approximate surface area is 178 Å². The number of azide groups is 2. The van der Waals surface area contributed by atoms with Crippen LogP contribution in [0.3, 0.4) is 0 Å². The second-order valence-corrected chi connectivity index (χ2v) is 6.38. The molecule has 1 rings (SSSR count). The summed E-state index contributed by atoms with van der Waals surface area (Å²) in [5, 5.41) is 7.16. The Morgan fingerprint density at radius 3 is 1.59 bits per heavy atom. The molecule has 1 fully saturated rings. The maximum Gasteiger partial charge on any atom is 0.147 e. The van der Waals surface area contributed by atoms with Gasteiger partial charge in [0, 0.05) is 21.6 Å². The third-order valence-corrected chi connectivity index (χ3v) is 4.10. The van der Waals surface area contributed by atoms with Gasteiger partial charge in [0.1, 0.15) is 19.0 Å². The second kappa shape index (κ2) is 17.8. The first-order chi connectivity index (χ1) is 14.3.